The van der Waals surface area contributed by atoms with Gasteiger partial charge in [-0.1, -0.05) is 0 Å². The Hall–Kier alpha value is -3.29. The molecule has 8 nitrogen and oxygen atoms in total. The molecule has 0 spiro atoms. The number of hydrogen-bond donors (Lipinski definition) is 2. The normalized spacial score (nSPS) is 20.4. The summed E-state index contributed by atoms with van der Waals surface area (Å²) in [6, 6.07) is 5.47. The van der Waals surface area contributed by atoms with E-state index in [9.17, 15) is 9.59 Å². The van der Waals surface area contributed by atoms with Crippen LogP contribution in [0.3, 0.4) is 0 Å². The number of anilines is 2. The average molecular weight is 437 g/mol. The SMILES string of the molecule is COc1ccc(OC)c([C@H]2C3=C(CCCC3=O)Nc3nc(N4CCCCC4)[nH]c(=O)c32)c1. The average Bonchev–Trinajstić information content (AvgIpc) is 2.83. The fourth-order valence-corrected chi connectivity index (χ4v) is 5.08. The molecule has 0 saturated carbocycles. The number of hydrogen-bond acceptors (Lipinski definition) is 7. The van der Waals surface area contributed by atoms with E-state index in [4.69, 9.17) is 14.5 Å². The summed E-state index contributed by atoms with van der Waals surface area (Å²) >= 11 is 0. The van der Waals surface area contributed by atoms with Crippen LogP contribution in [0.4, 0.5) is 11.8 Å². The number of nitrogens with zero attached hydrogens (tertiary/aromatic N) is 2. The molecule has 1 aromatic carbocycles. The van der Waals surface area contributed by atoms with Crippen molar-refractivity contribution in [3.8, 4) is 11.5 Å². The molecule has 0 amide bonds. The molecule has 1 aromatic heterocycles. The first kappa shape index (κ1) is 20.6. The number of Topliss-reactive ketones (excluding diaryl/α,β-unsaturated/α-hetero) is 1. The van der Waals surface area contributed by atoms with Crippen LogP contribution < -0.4 is 25.2 Å². The predicted molar refractivity (Wildman–Crippen MR) is 122 cm³/mol. The lowest BCUT2D eigenvalue weighted by Gasteiger charge is -2.34. The van der Waals surface area contributed by atoms with Gasteiger partial charge in [-0.05, 0) is 50.3 Å². The second-order valence-corrected chi connectivity index (χ2v) is 8.53. The van der Waals surface area contributed by atoms with E-state index in [0.717, 1.165) is 50.0 Å². The highest BCUT2D eigenvalue weighted by atomic mass is 16.5. The lowest BCUT2D eigenvalue weighted by Crippen LogP contribution is -2.36. The zero-order valence-corrected chi connectivity index (χ0v) is 18.5. The van der Waals surface area contributed by atoms with Crippen molar-refractivity contribution in [2.75, 3.05) is 37.5 Å². The Labute approximate surface area is 186 Å². The number of ketones is 1. The molecule has 3 aliphatic rings. The minimum absolute atomic E-state index is 0.0544. The molecule has 1 fully saturated rings. The molecule has 8 heteroatoms. The number of aromatic nitrogens is 2. The van der Waals surface area contributed by atoms with E-state index in [1.54, 1.807) is 14.2 Å². The number of piperidine rings is 1. The Balaban J connectivity index is 1.71. The van der Waals surface area contributed by atoms with Gasteiger partial charge in [0.25, 0.3) is 5.56 Å². The third-order valence-electron chi connectivity index (χ3n) is 6.65. The summed E-state index contributed by atoms with van der Waals surface area (Å²) in [7, 11) is 3.19. The Bertz CT molecular complexity index is 1150. The quantitative estimate of drug-likeness (QED) is 0.759. The summed E-state index contributed by atoms with van der Waals surface area (Å²) in [5.41, 5.74) is 2.43. The molecule has 1 saturated heterocycles. The van der Waals surface area contributed by atoms with E-state index in [1.807, 2.05) is 18.2 Å². The molecule has 2 aliphatic heterocycles. The summed E-state index contributed by atoms with van der Waals surface area (Å²) in [6.45, 7) is 1.75. The highest BCUT2D eigenvalue weighted by Gasteiger charge is 2.39. The summed E-state index contributed by atoms with van der Waals surface area (Å²) in [5.74, 6) is 1.85. The molecule has 0 unspecified atom stereocenters. The van der Waals surface area contributed by atoms with Crippen molar-refractivity contribution in [1.29, 1.82) is 0 Å². The number of aromatic amines is 1. The van der Waals surface area contributed by atoms with Gasteiger partial charge in [-0.25, -0.2) is 0 Å². The summed E-state index contributed by atoms with van der Waals surface area (Å²) in [4.78, 5) is 36.5. The molecule has 0 radical (unpaired) electrons. The summed E-state index contributed by atoms with van der Waals surface area (Å²) in [5, 5.41) is 3.34. The van der Waals surface area contributed by atoms with Gasteiger partial charge in [0.05, 0.1) is 25.7 Å². The maximum atomic E-state index is 13.5. The van der Waals surface area contributed by atoms with Crippen molar-refractivity contribution in [1.82, 2.24) is 9.97 Å². The molecule has 32 heavy (non-hydrogen) atoms. The van der Waals surface area contributed by atoms with Crippen molar-refractivity contribution >= 4 is 17.5 Å². The van der Waals surface area contributed by atoms with Gasteiger partial charge in [0, 0.05) is 36.3 Å². The molecule has 5 rings (SSSR count). The van der Waals surface area contributed by atoms with Gasteiger partial charge >= 0.3 is 0 Å². The Kier molecular flexibility index (Phi) is 5.36. The van der Waals surface area contributed by atoms with Crippen LogP contribution in [0.1, 0.15) is 55.6 Å². The molecule has 3 heterocycles. The number of H-pyrrole nitrogens is 1. The molecular formula is C24H28N4O4. The van der Waals surface area contributed by atoms with E-state index in [1.165, 1.54) is 6.42 Å². The number of benzene rings is 1. The van der Waals surface area contributed by atoms with E-state index >= 15 is 0 Å². The van der Waals surface area contributed by atoms with Crippen molar-refractivity contribution < 1.29 is 14.3 Å². The summed E-state index contributed by atoms with van der Waals surface area (Å²) < 4.78 is 11.1. The van der Waals surface area contributed by atoms with E-state index < -0.39 is 5.92 Å². The first-order chi connectivity index (χ1) is 15.6. The van der Waals surface area contributed by atoms with Crippen LogP contribution in [0.15, 0.2) is 34.3 Å². The number of fused-ring (bicyclic) bond motifs is 1. The monoisotopic (exact) mass is 436 g/mol. The molecule has 168 valence electrons. The zero-order chi connectivity index (χ0) is 22.2. The number of carbonyl (C=O) groups excluding carboxylic acids is 1. The predicted octanol–water partition coefficient (Wildman–Crippen LogP) is 3.34. The molecule has 2 aromatic rings. The second kappa shape index (κ2) is 8.33. The van der Waals surface area contributed by atoms with Crippen molar-refractivity contribution in [3.63, 3.8) is 0 Å². The molecule has 0 bridgehead atoms. The highest BCUT2D eigenvalue weighted by Crippen LogP contribution is 2.46. The minimum Gasteiger partial charge on any atom is -0.497 e. The topological polar surface area (TPSA) is 96.6 Å². The van der Waals surface area contributed by atoms with Gasteiger partial charge in [0.2, 0.25) is 5.95 Å². The van der Waals surface area contributed by atoms with Crippen molar-refractivity contribution in [3.05, 3.63) is 50.9 Å². The van der Waals surface area contributed by atoms with Crippen LogP contribution in [0, 0.1) is 0 Å². The van der Waals surface area contributed by atoms with E-state index in [2.05, 4.69) is 15.2 Å². The number of nitrogens with one attached hydrogen (secondary N) is 2. The van der Waals surface area contributed by atoms with Crippen LogP contribution in [0.25, 0.3) is 0 Å². The largest absolute Gasteiger partial charge is 0.497 e. The van der Waals surface area contributed by atoms with Crippen LogP contribution in [-0.2, 0) is 4.79 Å². The fraction of sp³-hybridized carbons (Fsp3) is 0.458. The Morgan fingerprint density at radius 1 is 1.03 bits per heavy atom. The number of methoxy groups -OCH3 is 2. The first-order valence-corrected chi connectivity index (χ1v) is 11.2. The van der Waals surface area contributed by atoms with Crippen molar-refractivity contribution in [2.24, 2.45) is 0 Å². The van der Waals surface area contributed by atoms with Crippen LogP contribution >= 0.6 is 0 Å². The van der Waals surface area contributed by atoms with Crippen LogP contribution in [0.2, 0.25) is 0 Å². The van der Waals surface area contributed by atoms with Gasteiger partial charge in [0.1, 0.15) is 17.3 Å². The third kappa shape index (κ3) is 3.43. The number of ether oxygens (including phenoxy) is 2. The van der Waals surface area contributed by atoms with Gasteiger partial charge in [-0.15, -0.1) is 0 Å². The molecule has 2 N–H and O–H groups in total. The number of allylic oxidation sites excluding steroid dienone is 2. The van der Waals surface area contributed by atoms with Crippen molar-refractivity contribution in [2.45, 2.75) is 44.4 Å². The standard InChI is InChI=1S/C24H28N4O4/c1-31-14-9-10-18(32-2)15(13-14)19-20-16(7-6-8-17(20)29)25-22-21(19)23(30)27-24(26-22)28-11-4-3-5-12-28/h9-10,13,19H,3-8,11-12H2,1-2H3,(H2,25,26,27,30)/t19-/m0/s1. The summed E-state index contributed by atoms with van der Waals surface area (Å²) in [6.07, 6.45) is 5.36. The maximum Gasteiger partial charge on any atom is 0.258 e. The van der Waals surface area contributed by atoms with Crippen LogP contribution in [0.5, 0.6) is 11.5 Å². The molecular weight excluding hydrogens is 408 g/mol. The van der Waals surface area contributed by atoms with E-state index in [-0.39, 0.29) is 11.3 Å². The molecule has 1 aliphatic carbocycles. The lowest BCUT2D eigenvalue weighted by molar-refractivity contribution is -0.116. The Morgan fingerprint density at radius 2 is 1.84 bits per heavy atom. The number of rotatable bonds is 4. The lowest BCUT2D eigenvalue weighted by atomic mass is 9.76. The van der Waals surface area contributed by atoms with Gasteiger partial charge in [-0.3, -0.25) is 14.6 Å². The smallest absolute Gasteiger partial charge is 0.258 e. The molecule has 1 atom stereocenters. The third-order valence-corrected chi connectivity index (χ3v) is 6.65. The maximum absolute atomic E-state index is 13.5. The van der Waals surface area contributed by atoms with Gasteiger partial charge in [0.15, 0.2) is 5.78 Å². The highest BCUT2D eigenvalue weighted by molar-refractivity contribution is 6.01. The minimum atomic E-state index is -0.564. The first-order valence-electron chi connectivity index (χ1n) is 11.2. The van der Waals surface area contributed by atoms with E-state index in [0.29, 0.717) is 40.8 Å². The number of carbonyl (C=O) groups is 1. The zero-order valence-electron chi connectivity index (χ0n) is 18.5. The van der Waals surface area contributed by atoms with Gasteiger partial charge in [-0.2, -0.15) is 4.98 Å². The second-order valence-electron chi connectivity index (χ2n) is 8.53. The Morgan fingerprint density at radius 3 is 2.59 bits per heavy atom. The van der Waals surface area contributed by atoms with Crippen LogP contribution in [-0.4, -0.2) is 43.1 Å². The fourth-order valence-electron chi connectivity index (χ4n) is 5.08. The van der Waals surface area contributed by atoms with Gasteiger partial charge < -0.3 is 19.7 Å².